The monoisotopic (exact) mass is 316 g/mol. The fourth-order valence-corrected chi connectivity index (χ4v) is 2.50. The SMILES string of the molecule is Cc1ccc(-c2cc(-c3cc(-c4ccc(C)cc4)no3)on2)cc1. The minimum Gasteiger partial charge on any atom is -0.352 e. The molecule has 0 bridgehead atoms. The van der Waals surface area contributed by atoms with E-state index in [-0.39, 0.29) is 0 Å². The summed E-state index contributed by atoms with van der Waals surface area (Å²) in [4.78, 5) is 0. The number of aromatic nitrogens is 2. The van der Waals surface area contributed by atoms with Crippen molar-refractivity contribution in [2.45, 2.75) is 13.8 Å². The maximum atomic E-state index is 5.42. The van der Waals surface area contributed by atoms with E-state index in [9.17, 15) is 0 Å². The van der Waals surface area contributed by atoms with Crippen molar-refractivity contribution in [2.24, 2.45) is 0 Å². The van der Waals surface area contributed by atoms with Gasteiger partial charge in [-0.15, -0.1) is 0 Å². The summed E-state index contributed by atoms with van der Waals surface area (Å²) < 4.78 is 10.8. The smallest absolute Gasteiger partial charge is 0.205 e. The standard InChI is InChI=1S/C20H16N2O2/c1-13-3-7-15(8-4-13)17-11-19(23-21-17)20-12-18(22-24-20)16-9-5-14(2)6-10-16/h3-12H,1-2H3. The molecule has 0 N–H and O–H groups in total. The molecule has 2 aromatic carbocycles. The van der Waals surface area contributed by atoms with Crippen molar-refractivity contribution in [3.05, 3.63) is 71.8 Å². The molecule has 4 aromatic rings. The van der Waals surface area contributed by atoms with E-state index >= 15 is 0 Å². The summed E-state index contributed by atoms with van der Waals surface area (Å²) in [6.07, 6.45) is 0. The second kappa shape index (κ2) is 5.81. The van der Waals surface area contributed by atoms with E-state index in [2.05, 4.69) is 24.2 Å². The quantitative estimate of drug-likeness (QED) is 0.516. The highest BCUT2D eigenvalue weighted by Gasteiger charge is 2.14. The zero-order chi connectivity index (χ0) is 16.5. The second-order valence-electron chi connectivity index (χ2n) is 5.88. The van der Waals surface area contributed by atoms with E-state index in [0.717, 1.165) is 22.5 Å². The second-order valence-corrected chi connectivity index (χ2v) is 5.88. The molecule has 0 saturated heterocycles. The van der Waals surface area contributed by atoms with Crippen LogP contribution >= 0.6 is 0 Å². The van der Waals surface area contributed by atoms with Crippen molar-refractivity contribution >= 4 is 0 Å². The van der Waals surface area contributed by atoms with Crippen molar-refractivity contribution < 1.29 is 9.05 Å². The number of nitrogens with zero attached hydrogens (tertiary/aromatic N) is 2. The van der Waals surface area contributed by atoms with Crippen molar-refractivity contribution in [3.63, 3.8) is 0 Å². The van der Waals surface area contributed by atoms with Gasteiger partial charge in [-0.3, -0.25) is 0 Å². The third-order valence-corrected chi connectivity index (χ3v) is 3.96. The van der Waals surface area contributed by atoms with Crippen LogP contribution in [0.15, 0.2) is 69.7 Å². The Balaban J connectivity index is 1.63. The molecule has 0 radical (unpaired) electrons. The van der Waals surface area contributed by atoms with Crippen LogP contribution < -0.4 is 0 Å². The molecule has 24 heavy (non-hydrogen) atoms. The van der Waals surface area contributed by atoms with E-state index in [1.54, 1.807) is 0 Å². The zero-order valence-electron chi connectivity index (χ0n) is 13.5. The number of benzene rings is 2. The molecule has 118 valence electrons. The van der Waals surface area contributed by atoms with Crippen molar-refractivity contribution in [1.29, 1.82) is 0 Å². The molecule has 0 fully saturated rings. The first-order valence-corrected chi connectivity index (χ1v) is 7.77. The van der Waals surface area contributed by atoms with Crippen molar-refractivity contribution in [1.82, 2.24) is 10.3 Å². The summed E-state index contributed by atoms with van der Waals surface area (Å²) in [5.74, 6) is 1.13. The van der Waals surface area contributed by atoms with Crippen LogP contribution in [0.5, 0.6) is 0 Å². The van der Waals surface area contributed by atoms with Gasteiger partial charge in [0.2, 0.25) is 11.5 Å². The van der Waals surface area contributed by atoms with Gasteiger partial charge in [0.05, 0.1) is 0 Å². The maximum Gasteiger partial charge on any atom is 0.205 e. The molecule has 0 aliphatic carbocycles. The van der Waals surface area contributed by atoms with Crippen molar-refractivity contribution in [3.8, 4) is 34.0 Å². The third kappa shape index (κ3) is 2.74. The summed E-state index contributed by atoms with van der Waals surface area (Å²) in [7, 11) is 0. The van der Waals surface area contributed by atoms with Crippen LogP contribution in [-0.2, 0) is 0 Å². The number of hydrogen-bond acceptors (Lipinski definition) is 4. The first-order valence-electron chi connectivity index (χ1n) is 7.77. The Bertz CT molecular complexity index is 882. The predicted molar refractivity (Wildman–Crippen MR) is 92.3 cm³/mol. The Hall–Kier alpha value is -3.14. The maximum absolute atomic E-state index is 5.42. The number of rotatable bonds is 3. The van der Waals surface area contributed by atoms with Crippen LogP contribution in [0.4, 0.5) is 0 Å². The molecule has 0 aliphatic heterocycles. The summed E-state index contributed by atoms with van der Waals surface area (Å²) >= 11 is 0. The predicted octanol–water partition coefficient (Wildman–Crippen LogP) is 5.28. The third-order valence-electron chi connectivity index (χ3n) is 3.96. The van der Waals surface area contributed by atoms with Gasteiger partial charge in [-0.2, -0.15) is 0 Å². The van der Waals surface area contributed by atoms with Gasteiger partial charge in [0, 0.05) is 23.3 Å². The molecule has 0 unspecified atom stereocenters. The zero-order valence-corrected chi connectivity index (χ0v) is 13.5. The molecular formula is C20H16N2O2. The van der Waals surface area contributed by atoms with E-state index < -0.39 is 0 Å². The Morgan fingerprint density at radius 3 is 1.33 bits per heavy atom. The van der Waals surface area contributed by atoms with Gasteiger partial charge < -0.3 is 9.05 Å². The molecular weight excluding hydrogens is 300 g/mol. The Labute approximate surface area is 139 Å². The summed E-state index contributed by atoms with van der Waals surface area (Å²) in [5.41, 5.74) is 5.99. The summed E-state index contributed by atoms with van der Waals surface area (Å²) in [6.45, 7) is 4.11. The fraction of sp³-hybridized carbons (Fsp3) is 0.100. The van der Waals surface area contributed by atoms with Gasteiger partial charge in [-0.1, -0.05) is 70.0 Å². The van der Waals surface area contributed by atoms with E-state index in [1.807, 2.05) is 60.7 Å². The van der Waals surface area contributed by atoms with E-state index in [1.165, 1.54) is 11.1 Å². The van der Waals surface area contributed by atoms with Gasteiger partial charge in [0.15, 0.2) is 0 Å². The van der Waals surface area contributed by atoms with Gasteiger partial charge in [-0.05, 0) is 13.8 Å². The average Bonchev–Trinajstić information content (AvgIpc) is 3.25. The molecule has 2 aromatic heterocycles. The van der Waals surface area contributed by atoms with Crippen LogP contribution in [0.3, 0.4) is 0 Å². The van der Waals surface area contributed by atoms with Crippen LogP contribution in [0.1, 0.15) is 11.1 Å². The van der Waals surface area contributed by atoms with Crippen LogP contribution in [0.25, 0.3) is 34.0 Å². The molecule has 0 atom stereocenters. The van der Waals surface area contributed by atoms with E-state index in [4.69, 9.17) is 9.05 Å². The molecule has 4 rings (SSSR count). The average molecular weight is 316 g/mol. The number of hydrogen-bond donors (Lipinski definition) is 0. The molecule has 0 spiro atoms. The highest BCUT2D eigenvalue weighted by atomic mass is 16.5. The summed E-state index contributed by atoms with van der Waals surface area (Å²) in [6, 6.07) is 20.0. The van der Waals surface area contributed by atoms with Gasteiger partial charge in [-0.25, -0.2) is 0 Å². The molecule has 0 amide bonds. The Morgan fingerprint density at radius 2 is 0.958 bits per heavy atom. The molecule has 4 heteroatoms. The van der Waals surface area contributed by atoms with Crippen LogP contribution in [0.2, 0.25) is 0 Å². The lowest BCUT2D eigenvalue weighted by molar-refractivity contribution is 0.389. The molecule has 4 nitrogen and oxygen atoms in total. The molecule has 2 heterocycles. The lowest BCUT2D eigenvalue weighted by Gasteiger charge is -1.95. The van der Waals surface area contributed by atoms with E-state index in [0.29, 0.717) is 11.5 Å². The summed E-state index contributed by atoms with van der Waals surface area (Å²) in [5, 5.41) is 8.25. The molecule has 0 saturated carbocycles. The Morgan fingerprint density at radius 1 is 0.583 bits per heavy atom. The van der Waals surface area contributed by atoms with Crippen LogP contribution in [-0.4, -0.2) is 10.3 Å². The lowest BCUT2D eigenvalue weighted by Crippen LogP contribution is -1.77. The fourth-order valence-electron chi connectivity index (χ4n) is 2.50. The largest absolute Gasteiger partial charge is 0.352 e. The highest BCUT2D eigenvalue weighted by Crippen LogP contribution is 2.29. The van der Waals surface area contributed by atoms with Gasteiger partial charge in [0.1, 0.15) is 11.4 Å². The normalized spacial score (nSPS) is 10.9. The van der Waals surface area contributed by atoms with Gasteiger partial charge >= 0.3 is 0 Å². The van der Waals surface area contributed by atoms with Gasteiger partial charge in [0.25, 0.3) is 0 Å². The lowest BCUT2D eigenvalue weighted by atomic mass is 10.1. The van der Waals surface area contributed by atoms with Crippen LogP contribution in [0, 0.1) is 13.8 Å². The number of aryl methyl sites for hydroxylation is 2. The first kappa shape index (κ1) is 14.5. The first-order chi connectivity index (χ1) is 11.7. The Kier molecular flexibility index (Phi) is 3.50. The topological polar surface area (TPSA) is 52.1 Å². The van der Waals surface area contributed by atoms with Crippen molar-refractivity contribution in [2.75, 3.05) is 0 Å². The minimum absolute atomic E-state index is 0.566. The minimum atomic E-state index is 0.566. The highest BCUT2D eigenvalue weighted by molar-refractivity contribution is 5.68. The molecule has 0 aliphatic rings.